The Morgan fingerprint density at radius 1 is 0.944 bits per heavy atom. The van der Waals surface area contributed by atoms with Crippen molar-refractivity contribution >= 4 is 5.91 Å². The van der Waals surface area contributed by atoms with Crippen molar-refractivity contribution in [3.63, 3.8) is 0 Å². The van der Waals surface area contributed by atoms with Crippen LogP contribution in [0.4, 0.5) is 0 Å². The Hall–Kier alpha value is -2.37. The van der Waals surface area contributed by atoms with E-state index in [0.717, 1.165) is 84.1 Å². The summed E-state index contributed by atoms with van der Waals surface area (Å²) in [6.45, 7) is 8.65. The van der Waals surface area contributed by atoms with Gasteiger partial charge in [0.15, 0.2) is 0 Å². The smallest absolute Gasteiger partial charge is 0.236 e. The summed E-state index contributed by atoms with van der Waals surface area (Å²) < 4.78 is 0. The monoisotopic (exact) mass is 486 g/mol. The Labute approximate surface area is 217 Å². The molecule has 0 aromatic heterocycles. The third kappa shape index (κ3) is 4.92. The van der Waals surface area contributed by atoms with Crippen LogP contribution >= 0.6 is 0 Å². The second-order valence-electron chi connectivity index (χ2n) is 11.6. The number of piperidine rings is 1. The minimum Gasteiger partial charge on any atom is -0.366 e. The summed E-state index contributed by atoms with van der Waals surface area (Å²) in [7, 11) is 0. The van der Waals surface area contributed by atoms with E-state index in [9.17, 15) is 4.79 Å². The Morgan fingerprint density at radius 3 is 2.44 bits per heavy atom. The second kappa shape index (κ2) is 10.5. The van der Waals surface area contributed by atoms with Crippen LogP contribution in [0.1, 0.15) is 50.5 Å². The zero-order chi connectivity index (χ0) is 24.4. The van der Waals surface area contributed by atoms with E-state index >= 15 is 0 Å². The number of carbonyl (C=O) groups excluding carboxylic acids is 1. The molecule has 1 aromatic carbocycles. The third-order valence-corrected chi connectivity index (χ3v) is 9.40. The first-order valence-electron chi connectivity index (χ1n) is 14.3. The van der Waals surface area contributed by atoms with Gasteiger partial charge in [-0.3, -0.25) is 14.6 Å². The van der Waals surface area contributed by atoms with Crippen LogP contribution in [0, 0.1) is 5.41 Å². The number of amides is 1. The number of allylic oxidation sites excluding steroid dienone is 5. The lowest BCUT2D eigenvalue weighted by Gasteiger charge is -2.44. The fourth-order valence-electron chi connectivity index (χ4n) is 6.96. The van der Waals surface area contributed by atoms with E-state index in [-0.39, 0.29) is 5.41 Å². The molecule has 1 amide bonds. The minimum atomic E-state index is 0.222. The normalized spacial score (nSPS) is 28.9. The lowest BCUT2D eigenvalue weighted by atomic mass is 9.73. The lowest BCUT2D eigenvalue weighted by molar-refractivity contribution is -0.135. The van der Waals surface area contributed by atoms with Crippen molar-refractivity contribution in [2.45, 2.75) is 57.5 Å². The molecule has 2 aliphatic carbocycles. The van der Waals surface area contributed by atoms with Crippen LogP contribution in [-0.4, -0.2) is 83.9 Å². The van der Waals surface area contributed by atoms with Gasteiger partial charge in [0.05, 0.1) is 6.54 Å². The number of carbonyl (C=O) groups is 1. The highest BCUT2D eigenvalue weighted by Gasteiger charge is 2.46. The van der Waals surface area contributed by atoms with Crippen molar-refractivity contribution in [3.05, 3.63) is 71.5 Å². The van der Waals surface area contributed by atoms with Gasteiger partial charge < -0.3 is 9.80 Å². The molecule has 36 heavy (non-hydrogen) atoms. The average Bonchev–Trinajstić information content (AvgIpc) is 3.10. The van der Waals surface area contributed by atoms with Crippen LogP contribution in [0.15, 0.2) is 65.9 Å². The molecule has 3 aliphatic heterocycles. The number of hydrogen-bond donors (Lipinski definition) is 0. The van der Waals surface area contributed by atoms with Crippen LogP contribution < -0.4 is 0 Å². The molecular formula is C31H42N4O. The zero-order valence-electron chi connectivity index (χ0n) is 21.8. The van der Waals surface area contributed by atoms with Crippen LogP contribution in [0.5, 0.6) is 0 Å². The number of likely N-dealkylation sites (tertiary alicyclic amines) is 2. The predicted octanol–water partition coefficient (Wildman–Crippen LogP) is 4.44. The molecule has 0 N–H and O–H groups in total. The van der Waals surface area contributed by atoms with E-state index < -0.39 is 0 Å². The largest absolute Gasteiger partial charge is 0.366 e. The topological polar surface area (TPSA) is 30.0 Å². The van der Waals surface area contributed by atoms with E-state index in [1.165, 1.54) is 30.5 Å². The Bertz CT molecular complexity index is 1010. The van der Waals surface area contributed by atoms with Crippen LogP contribution in [0.2, 0.25) is 0 Å². The highest BCUT2D eigenvalue weighted by atomic mass is 16.2. The molecule has 6 rings (SSSR count). The summed E-state index contributed by atoms with van der Waals surface area (Å²) in [6.07, 6.45) is 18.1. The SMILES string of the molecule is O=C(CN1CCC2(CC1)CN(Cc1ccccc1)C1=C/C=C\CC/C=C\12)N1CCN(C2CCC2)CC1. The van der Waals surface area contributed by atoms with Gasteiger partial charge >= 0.3 is 0 Å². The van der Waals surface area contributed by atoms with Crippen LogP contribution in [0.25, 0.3) is 0 Å². The number of hydrogen-bond acceptors (Lipinski definition) is 4. The molecule has 192 valence electrons. The second-order valence-corrected chi connectivity index (χ2v) is 11.6. The zero-order valence-corrected chi connectivity index (χ0v) is 21.8. The maximum atomic E-state index is 13.1. The third-order valence-electron chi connectivity index (χ3n) is 9.40. The molecule has 5 nitrogen and oxygen atoms in total. The van der Waals surface area contributed by atoms with E-state index in [1.807, 2.05) is 0 Å². The summed E-state index contributed by atoms with van der Waals surface area (Å²) in [5.41, 5.74) is 4.59. The van der Waals surface area contributed by atoms with E-state index in [2.05, 4.69) is 74.2 Å². The van der Waals surface area contributed by atoms with Crippen molar-refractivity contribution in [3.8, 4) is 0 Å². The van der Waals surface area contributed by atoms with Gasteiger partial charge in [0.2, 0.25) is 5.91 Å². The molecule has 0 atom stereocenters. The molecule has 1 saturated carbocycles. The highest BCUT2D eigenvalue weighted by molar-refractivity contribution is 5.78. The van der Waals surface area contributed by atoms with Gasteiger partial charge in [-0.2, -0.15) is 0 Å². The number of benzene rings is 1. The summed E-state index contributed by atoms with van der Waals surface area (Å²) in [5, 5.41) is 0. The standard InChI is InChI=1S/C31H42N4O/c36-30(34-21-19-33(20-22-34)27-11-8-12-27)24-32-17-15-31(16-18-32)25-35(23-26-9-4-3-5-10-26)29-14-7-2-1-6-13-28(29)31/h2-5,7,9-10,13-14,27H,1,6,8,11-12,15-25H2/b7-2-,28-13+,29-14+. The van der Waals surface area contributed by atoms with Gasteiger partial charge in [-0.05, 0) is 68.8 Å². The summed E-state index contributed by atoms with van der Waals surface area (Å²) in [4.78, 5) is 22.9. The van der Waals surface area contributed by atoms with Gasteiger partial charge in [0.1, 0.15) is 0 Å². The number of rotatable bonds is 5. The summed E-state index contributed by atoms with van der Waals surface area (Å²) in [6, 6.07) is 11.7. The van der Waals surface area contributed by atoms with E-state index in [1.54, 1.807) is 5.57 Å². The minimum absolute atomic E-state index is 0.222. The Morgan fingerprint density at radius 2 is 1.72 bits per heavy atom. The molecular weight excluding hydrogens is 444 g/mol. The van der Waals surface area contributed by atoms with Gasteiger partial charge in [-0.1, -0.05) is 55.0 Å². The van der Waals surface area contributed by atoms with E-state index in [0.29, 0.717) is 12.5 Å². The van der Waals surface area contributed by atoms with Crippen molar-refractivity contribution in [1.82, 2.24) is 19.6 Å². The molecule has 4 fully saturated rings. The maximum Gasteiger partial charge on any atom is 0.236 e. The average molecular weight is 487 g/mol. The fourth-order valence-corrected chi connectivity index (χ4v) is 6.96. The molecule has 3 saturated heterocycles. The molecule has 1 spiro atoms. The van der Waals surface area contributed by atoms with Crippen LogP contribution in [0.3, 0.4) is 0 Å². The maximum absolute atomic E-state index is 13.1. The first-order valence-corrected chi connectivity index (χ1v) is 14.3. The molecule has 5 aliphatic rings. The van der Waals surface area contributed by atoms with Gasteiger partial charge in [0, 0.05) is 56.4 Å². The molecule has 1 aromatic rings. The quantitative estimate of drug-likeness (QED) is 0.616. The Kier molecular flexibility index (Phi) is 7.03. The molecule has 0 radical (unpaired) electrons. The lowest BCUT2D eigenvalue weighted by Crippen LogP contribution is -2.55. The van der Waals surface area contributed by atoms with Crippen molar-refractivity contribution in [1.29, 1.82) is 0 Å². The predicted molar refractivity (Wildman–Crippen MR) is 145 cm³/mol. The van der Waals surface area contributed by atoms with Crippen molar-refractivity contribution in [2.75, 3.05) is 52.4 Å². The molecule has 0 bridgehead atoms. The van der Waals surface area contributed by atoms with Gasteiger partial charge in [-0.15, -0.1) is 0 Å². The van der Waals surface area contributed by atoms with Gasteiger partial charge in [-0.25, -0.2) is 0 Å². The van der Waals surface area contributed by atoms with Crippen LogP contribution in [-0.2, 0) is 11.3 Å². The molecule has 0 unspecified atom stereocenters. The summed E-state index contributed by atoms with van der Waals surface area (Å²) in [5.74, 6) is 0.340. The first kappa shape index (κ1) is 24.0. The van der Waals surface area contributed by atoms with Crippen molar-refractivity contribution in [2.24, 2.45) is 5.41 Å². The number of fused-ring (bicyclic) bond motifs is 2. The van der Waals surface area contributed by atoms with Crippen molar-refractivity contribution < 1.29 is 4.79 Å². The van der Waals surface area contributed by atoms with E-state index in [4.69, 9.17) is 0 Å². The fraction of sp³-hybridized carbons (Fsp3) is 0.581. The summed E-state index contributed by atoms with van der Waals surface area (Å²) >= 11 is 0. The number of piperazine rings is 1. The molecule has 3 heterocycles. The highest BCUT2D eigenvalue weighted by Crippen LogP contribution is 2.50. The molecule has 5 heteroatoms. The Balaban J connectivity index is 1.08. The number of nitrogens with zero attached hydrogens (tertiary/aromatic N) is 4. The van der Waals surface area contributed by atoms with Gasteiger partial charge in [0.25, 0.3) is 0 Å². The first-order chi connectivity index (χ1) is 17.7.